The number of nitro benzene ring substituents is 1. The number of aromatic nitrogens is 1. The second-order valence-electron chi connectivity index (χ2n) is 5.68. The molecule has 0 saturated carbocycles. The minimum Gasteiger partial charge on any atom is -0.464 e. The van der Waals surface area contributed by atoms with Crippen LogP contribution in [0.5, 0.6) is 11.5 Å². The first kappa shape index (κ1) is 18.4. The molecule has 0 amide bonds. The van der Waals surface area contributed by atoms with Crippen LogP contribution in [0, 0.1) is 10.1 Å². The Balaban J connectivity index is 2.01. The van der Waals surface area contributed by atoms with E-state index in [1.807, 2.05) is 0 Å². The zero-order chi connectivity index (χ0) is 19.8. The number of esters is 1. The van der Waals surface area contributed by atoms with Gasteiger partial charge in [-0.25, -0.2) is 13.2 Å². The van der Waals surface area contributed by atoms with Crippen molar-refractivity contribution in [1.29, 1.82) is 0 Å². The lowest BCUT2D eigenvalue weighted by Gasteiger charge is -2.07. The van der Waals surface area contributed by atoms with Crippen LogP contribution in [-0.4, -0.2) is 37.7 Å². The van der Waals surface area contributed by atoms with Crippen LogP contribution in [0.2, 0.25) is 0 Å². The molecule has 9 nitrogen and oxygen atoms in total. The first-order valence-corrected chi connectivity index (χ1v) is 9.45. The molecule has 0 bridgehead atoms. The zero-order valence-corrected chi connectivity index (χ0v) is 15.1. The predicted molar refractivity (Wildman–Crippen MR) is 95.9 cm³/mol. The minimum absolute atomic E-state index is 0.0743. The van der Waals surface area contributed by atoms with Crippen LogP contribution in [0.3, 0.4) is 0 Å². The highest BCUT2D eigenvalue weighted by atomic mass is 32.2. The molecule has 2 aromatic carbocycles. The highest BCUT2D eigenvalue weighted by molar-refractivity contribution is 7.90. The van der Waals surface area contributed by atoms with E-state index in [0.717, 1.165) is 6.26 Å². The molecule has 0 fully saturated rings. The van der Waals surface area contributed by atoms with Gasteiger partial charge in [0, 0.05) is 11.6 Å². The monoisotopic (exact) mass is 390 g/mol. The Morgan fingerprint density at radius 1 is 1.11 bits per heavy atom. The van der Waals surface area contributed by atoms with E-state index in [0.29, 0.717) is 11.1 Å². The van der Waals surface area contributed by atoms with Crippen LogP contribution < -0.4 is 4.74 Å². The zero-order valence-electron chi connectivity index (χ0n) is 14.3. The third-order valence-corrected chi connectivity index (χ3v) is 4.90. The fourth-order valence-electron chi connectivity index (χ4n) is 2.51. The number of methoxy groups -OCH3 is 1. The Labute approximate surface area is 153 Å². The largest absolute Gasteiger partial charge is 0.464 e. The number of nitro groups is 1. The van der Waals surface area contributed by atoms with Crippen LogP contribution >= 0.6 is 0 Å². The summed E-state index contributed by atoms with van der Waals surface area (Å²) in [5, 5.41) is 11.8. The summed E-state index contributed by atoms with van der Waals surface area (Å²) in [5.74, 6) is -0.184. The van der Waals surface area contributed by atoms with Crippen molar-refractivity contribution in [2.45, 2.75) is 4.90 Å². The lowest BCUT2D eigenvalue weighted by atomic mass is 10.2. The van der Waals surface area contributed by atoms with Crippen LogP contribution in [-0.2, 0) is 14.6 Å². The standard InChI is InChI=1S/C17H14N2O7S/c1-25-17(20)14-8-10-7-12(9-15(19(21)22)16(10)18-14)26-11-3-5-13(6-4-11)27(2,23)24/h3-9,18H,1-2H3. The van der Waals surface area contributed by atoms with Crippen LogP contribution in [0.25, 0.3) is 10.9 Å². The molecular weight excluding hydrogens is 376 g/mol. The van der Waals surface area contributed by atoms with Crippen LogP contribution in [0.1, 0.15) is 10.5 Å². The van der Waals surface area contributed by atoms with E-state index in [9.17, 15) is 23.3 Å². The molecule has 0 aliphatic heterocycles. The molecule has 0 aliphatic carbocycles. The Bertz CT molecular complexity index is 1150. The highest BCUT2D eigenvalue weighted by Crippen LogP contribution is 2.33. The summed E-state index contributed by atoms with van der Waals surface area (Å²) >= 11 is 0. The van der Waals surface area contributed by atoms with Crippen molar-refractivity contribution in [3.05, 3.63) is 58.3 Å². The summed E-state index contributed by atoms with van der Waals surface area (Å²) in [6, 6.07) is 9.81. The second kappa shape index (κ2) is 6.72. The van der Waals surface area contributed by atoms with Crippen molar-refractivity contribution in [2.75, 3.05) is 13.4 Å². The van der Waals surface area contributed by atoms with Crippen molar-refractivity contribution in [3.8, 4) is 11.5 Å². The molecule has 1 N–H and O–H groups in total. The molecule has 0 atom stereocenters. The summed E-state index contributed by atoms with van der Waals surface area (Å²) in [4.78, 5) is 25.2. The van der Waals surface area contributed by atoms with Crippen LogP contribution in [0.4, 0.5) is 5.69 Å². The third-order valence-electron chi connectivity index (χ3n) is 3.77. The highest BCUT2D eigenvalue weighted by Gasteiger charge is 2.20. The average Bonchev–Trinajstić information content (AvgIpc) is 3.04. The lowest BCUT2D eigenvalue weighted by Crippen LogP contribution is -2.00. The molecule has 10 heteroatoms. The van der Waals surface area contributed by atoms with Crippen molar-refractivity contribution in [3.63, 3.8) is 0 Å². The topological polar surface area (TPSA) is 129 Å². The number of sulfone groups is 1. The summed E-state index contributed by atoms with van der Waals surface area (Å²) < 4.78 is 33.2. The van der Waals surface area contributed by atoms with Crippen molar-refractivity contribution >= 4 is 32.4 Å². The molecule has 0 unspecified atom stereocenters. The van der Waals surface area contributed by atoms with Gasteiger partial charge < -0.3 is 14.5 Å². The van der Waals surface area contributed by atoms with Gasteiger partial charge in [0.25, 0.3) is 5.69 Å². The number of ether oxygens (including phenoxy) is 2. The Morgan fingerprint density at radius 2 is 1.78 bits per heavy atom. The number of carbonyl (C=O) groups is 1. The molecule has 1 aromatic heterocycles. The number of hydrogen-bond acceptors (Lipinski definition) is 7. The number of hydrogen-bond donors (Lipinski definition) is 1. The van der Waals surface area contributed by atoms with Gasteiger partial charge in [-0.2, -0.15) is 0 Å². The van der Waals surface area contributed by atoms with Gasteiger partial charge in [0.2, 0.25) is 0 Å². The molecule has 0 saturated heterocycles. The number of nitrogens with zero attached hydrogens (tertiary/aromatic N) is 1. The van der Waals surface area contributed by atoms with Crippen molar-refractivity contribution < 1.29 is 27.6 Å². The number of non-ortho nitro benzene ring substituents is 1. The first-order chi connectivity index (χ1) is 12.7. The maximum atomic E-state index is 11.6. The van der Waals surface area contributed by atoms with E-state index in [2.05, 4.69) is 9.72 Å². The molecule has 3 rings (SSSR count). The fourth-order valence-corrected chi connectivity index (χ4v) is 3.14. The number of carbonyl (C=O) groups excluding carboxylic acids is 1. The lowest BCUT2D eigenvalue weighted by molar-refractivity contribution is -0.383. The molecule has 3 aromatic rings. The summed E-state index contributed by atoms with van der Waals surface area (Å²) in [6.45, 7) is 0. The Morgan fingerprint density at radius 3 is 2.33 bits per heavy atom. The first-order valence-electron chi connectivity index (χ1n) is 7.56. The van der Waals surface area contributed by atoms with Gasteiger partial charge in [-0.05, 0) is 36.4 Å². The normalized spacial score (nSPS) is 11.3. The second-order valence-corrected chi connectivity index (χ2v) is 7.70. The van der Waals surface area contributed by atoms with Gasteiger partial charge in [0.05, 0.1) is 23.0 Å². The molecular formula is C17H14N2O7S. The van der Waals surface area contributed by atoms with E-state index in [4.69, 9.17) is 4.74 Å². The molecule has 0 aliphatic rings. The average molecular weight is 390 g/mol. The smallest absolute Gasteiger partial charge is 0.354 e. The van der Waals surface area contributed by atoms with Gasteiger partial charge in [0.15, 0.2) is 9.84 Å². The maximum absolute atomic E-state index is 11.6. The summed E-state index contributed by atoms with van der Waals surface area (Å²) in [7, 11) is -2.13. The SMILES string of the molecule is COC(=O)c1cc2cc(Oc3ccc(S(C)(=O)=O)cc3)cc([N+](=O)[O-])c2[nH]1. The molecule has 27 heavy (non-hydrogen) atoms. The van der Waals surface area contributed by atoms with Gasteiger partial charge >= 0.3 is 5.97 Å². The van der Waals surface area contributed by atoms with E-state index in [1.165, 1.54) is 49.6 Å². The van der Waals surface area contributed by atoms with Gasteiger partial charge in [-0.3, -0.25) is 10.1 Å². The van der Waals surface area contributed by atoms with Crippen LogP contribution in [0.15, 0.2) is 47.4 Å². The molecule has 0 spiro atoms. The Kier molecular flexibility index (Phi) is 4.58. The summed E-state index contributed by atoms with van der Waals surface area (Å²) in [5.41, 5.74) is -0.0316. The third kappa shape index (κ3) is 3.75. The Hall–Kier alpha value is -3.40. The quantitative estimate of drug-likeness (QED) is 0.403. The predicted octanol–water partition coefficient (Wildman–Crippen LogP) is 3.06. The molecule has 140 valence electrons. The van der Waals surface area contributed by atoms with Crippen molar-refractivity contribution in [1.82, 2.24) is 4.98 Å². The van der Waals surface area contributed by atoms with Gasteiger partial charge in [0.1, 0.15) is 22.7 Å². The number of fused-ring (bicyclic) bond motifs is 1. The molecule has 0 radical (unpaired) electrons. The van der Waals surface area contributed by atoms with Gasteiger partial charge in [-0.15, -0.1) is 0 Å². The van der Waals surface area contributed by atoms with E-state index in [1.54, 1.807) is 0 Å². The number of aromatic amines is 1. The van der Waals surface area contributed by atoms with E-state index >= 15 is 0 Å². The number of nitrogens with one attached hydrogen (secondary N) is 1. The van der Waals surface area contributed by atoms with E-state index < -0.39 is 20.7 Å². The maximum Gasteiger partial charge on any atom is 0.354 e. The summed E-state index contributed by atoms with van der Waals surface area (Å²) in [6.07, 6.45) is 1.09. The molecule has 1 heterocycles. The van der Waals surface area contributed by atoms with Crippen molar-refractivity contribution in [2.24, 2.45) is 0 Å². The fraction of sp³-hybridized carbons (Fsp3) is 0.118. The number of benzene rings is 2. The number of rotatable bonds is 5. The number of H-pyrrole nitrogens is 1. The van der Waals surface area contributed by atoms with E-state index in [-0.39, 0.29) is 27.5 Å². The van der Waals surface area contributed by atoms with Gasteiger partial charge in [-0.1, -0.05) is 0 Å². The minimum atomic E-state index is -3.34.